The van der Waals surface area contributed by atoms with Gasteiger partial charge in [0.1, 0.15) is 0 Å². The zero-order chi connectivity index (χ0) is 29.6. The fraction of sp³-hybridized carbons (Fsp3) is 0.406. The number of hydrogen-bond acceptors (Lipinski definition) is 6. The van der Waals surface area contributed by atoms with Gasteiger partial charge in [-0.15, -0.1) is 5.10 Å². The summed E-state index contributed by atoms with van der Waals surface area (Å²) in [6.45, 7) is 7.93. The van der Waals surface area contributed by atoms with E-state index in [1.807, 2.05) is 41.3 Å². The molecule has 2 atom stereocenters. The Balaban J connectivity index is 1.15. The highest BCUT2D eigenvalue weighted by Crippen LogP contribution is 2.34. The van der Waals surface area contributed by atoms with E-state index in [9.17, 15) is 9.59 Å². The first-order valence-electron chi connectivity index (χ1n) is 14.6. The molecule has 1 saturated carbocycles. The Morgan fingerprint density at radius 1 is 1.10 bits per heavy atom. The molecule has 0 spiro atoms. The number of aromatic nitrogens is 4. The maximum atomic E-state index is 13.6. The van der Waals surface area contributed by atoms with Crippen LogP contribution in [-0.2, 0) is 5.41 Å². The molecule has 42 heavy (non-hydrogen) atoms. The molecule has 10 heteroatoms. The Labute approximate surface area is 250 Å². The molecule has 6 rings (SSSR count). The number of nitrogens with one attached hydrogen (secondary N) is 1. The minimum absolute atomic E-state index is 0.0472. The molecule has 2 amide bonds. The second kappa shape index (κ2) is 11.1. The largest absolute Gasteiger partial charge is 0.347 e. The summed E-state index contributed by atoms with van der Waals surface area (Å²) in [4.78, 5) is 33.1. The molecule has 1 aliphatic carbocycles. The lowest BCUT2D eigenvalue weighted by atomic mass is 9.84. The number of benzene rings is 2. The molecule has 3 N–H and O–H groups in total. The summed E-state index contributed by atoms with van der Waals surface area (Å²) in [6.07, 6.45) is 4.54. The van der Waals surface area contributed by atoms with Crippen LogP contribution in [0.2, 0.25) is 5.02 Å². The van der Waals surface area contributed by atoms with Crippen LogP contribution in [0.25, 0.3) is 22.2 Å². The molecule has 218 valence electrons. The highest BCUT2D eigenvalue weighted by atomic mass is 35.5. The second-order valence-corrected chi connectivity index (χ2v) is 12.7. The number of carbonyl (C=O) groups excluding carboxylic acids is 2. The molecule has 2 aromatic carbocycles. The molecule has 3 heterocycles. The van der Waals surface area contributed by atoms with Gasteiger partial charge in [0.25, 0.3) is 11.8 Å². The molecule has 2 aliphatic rings. The maximum absolute atomic E-state index is 13.6. The molecule has 0 bridgehead atoms. The van der Waals surface area contributed by atoms with Gasteiger partial charge in [-0.25, -0.2) is 9.67 Å². The summed E-state index contributed by atoms with van der Waals surface area (Å²) in [7, 11) is 0. The van der Waals surface area contributed by atoms with Gasteiger partial charge in [-0.05, 0) is 48.9 Å². The van der Waals surface area contributed by atoms with Gasteiger partial charge in [0, 0.05) is 47.6 Å². The normalized spacial score (nSPS) is 19.2. The number of piperidine rings is 1. The molecule has 0 radical (unpaired) electrons. The maximum Gasteiger partial charge on any atom is 0.273 e. The number of pyridine rings is 1. The second-order valence-electron chi connectivity index (χ2n) is 12.3. The quantitative estimate of drug-likeness (QED) is 0.315. The minimum Gasteiger partial charge on any atom is -0.347 e. The molecule has 2 fully saturated rings. The number of carbonyl (C=O) groups is 2. The molecule has 2 unspecified atom stereocenters. The Morgan fingerprint density at radius 2 is 1.86 bits per heavy atom. The van der Waals surface area contributed by atoms with Crippen molar-refractivity contribution in [1.29, 1.82) is 0 Å². The van der Waals surface area contributed by atoms with Crippen LogP contribution in [0.15, 0.2) is 54.7 Å². The van der Waals surface area contributed by atoms with E-state index in [0.29, 0.717) is 53.9 Å². The molecule has 1 aliphatic heterocycles. The van der Waals surface area contributed by atoms with E-state index < -0.39 is 0 Å². The summed E-state index contributed by atoms with van der Waals surface area (Å²) in [6, 6.07) is 15.9. The van der Waals surface area contributed by atoms with Crippen molar-refractivity contribution in [2.24, 2.45) is 11.7 Å². The number of hydrogen-bond donors (Lipinski definition) is 2. The first-order valence-corrected chi connectivity index (χ1v) is 14.9. The molecular formula is C32H36ClN7O2. The molecular weight excluding hydrogens is 550 g/mol. The standard InChI is InChI=1S/C32H36ClN7O2/c1-19-16-39(13-12-26(19)36-30(41)29-17-40(38-37-29)23-9-10-23)31(42)21-6-11-24-25(33)15-27(35-28(24)14-21)20-4-7-22(8-5-20)32(2,3)18-34/h4-8,11,14-15,17,19,23,26H,9-10,12-13,16,18,34H2,1-3H3,(H,36,41). The smallest absolute Gasteiger partial charge is 0.273 e. The van der Waals surface area contributed by atoms with Gasteiger partial charge in [0.15, 0.2) is 5.69 Å². The monoisotopic (exact) mass is 585 g/mol. The van der Waals surface area contributed by atoms with Crippen molar-refractivity contribution in [3.05, 3.63) is 76.6 Å². The summed E-state index contributed by atoms with van der Waals surface area (Å²) >= 11 is 6.66. The average Bonchev–Trinajstić information content (AvgIpc) is 3.73. The van der Waals surface area contributed by atoms with Crippen LogP contribution in [0, 0.1) is 5.92 Å². The van der Waals surface area contributed by atoms with E-state index in [0.717, 1.165) is 35.0 Å². The van der Waals surface area contributed by atoms with Crippen molar-refractivity contribution in [3.63, 3.8) is 0 Å². The van der Waals surface area contributed by atoms with Gasteiger partial charge in [0.2, 0.25) is 0 Å². The van der Waals surface area contributed by atoms with Crippen LogP contribution < -0.4 is 11.1 Å². The van der Waals surface area contributed by atoms with E-state index in [1.165, 1.54) is 0 Å². The summed E-state index contributed by atoms with van der Waals surface area (Å²) < 4.78 is 1.77. The first-order chi connectivity index (χ1) is 20.1. The van der Waals surface area contributed by atoms with Crippen molar-refractivity contribution >= 4 is 34.3 Å². The highest BCUT2D eigenvalue weighted by molar-refractivity contribution is 6.35. The molecule has 9 nitrogen and oxygen atoms in total. The van der Waals surface area contributed by atoms with Crippen LogP contribution >= 0.6 is 11.6 Å². The lowest BCUT2D eigenvalue weighted by Gasteiger charge is -2.37. The first kappa shape index (κ1) is 28.3. The van der Waals surface area contributed by atoms with Crippen molar-refractivity contribution in [2.45, 2.75) is 57.5 Å². The topological polar surface area (TPSA) is 119 Å². The number of rotatable bonds is 7. The third-order valence-electron chi connectivity index (χ3n) is 8.65. The molecule has 1 saturated heterocycles. The number of halogens is 1. The Kier molecular flexibility index (Phi) is 7.49. The molecule has 2 aromatic heterocycles. The third-order valence-corrected chi connectivity index (χ3v) is 8.96. The third kappa shape index (κ3) is 5.63. The van der Waals surface area contributed by atoms with Gasteiger partial charge < -0.3 is 16.0 Å². The highest BCUT2D eigenvalue weighted by Gasteiger charge is 2.32. The van der Waals surface area contributed by atoms with E-state index >= 15 is 0 Å². The van der Waals surface area contributed by atoms with Crippen LogP contribution in [0.4, 0.5) is 0 Å². The number of fused-ring (bicyclic) bond motifs is 1. The number of nitrogens with two attached hydrogens (primary N) is 1. The zero-order valence-electron chi connectivity index (χ0n) is 24.2. The lowest BCUT2D eigenvalue weighted by Crippen LogP contribution is -2.51. The summed E-state index contributed by atoms with van der Waals surface area (Å²) in [5.41, 5.74) is 10.3. The lowest BCUT2D eigenvalue weighted by molar-refractivity contribution is 0.0632. The van der Waals surface area contributed by atoms with Gasteiger partial charge in [-0.2, -0.15) is 0 Å². The van der Waals surface area contributed by atoms with Crippen molar-refractivity contribution < 1.29 is 9.59 Å². The molecule has 4 aromatic rings. The van der Waals surface area contributed by atoms with Gasteiger partial charge in [-0.1, -0.05) is 67.9 Å². The number of likely N-dealkylation sites (tertiary alicyclic amines) is 1. The Morgan fingerprint density at radius 3 is 2.55 bits per heavy atom. The van der Waals surface area contributed by atoms with Crippen LogP contribution in [-0.4, -0.2) is 62.4 Å². The van der Waals surface area contributed by atoms with E-state index in [-0.39, 0.29) is 29.2 Å². The fourth-order valence-electron chi connectivity index (χ4n) is 5.54. The average molecular weight is 586 g/mol. The number of nitrogens with zero attached hydrogens (tertiary/aromatic N) is 5. The van der Waals surface area contributed by atoms with Gasteiger partial charge in [0.05, 0.1) is 28.5 Å². The van der Waals surface area contributed by atoms with E-state index in [1.54, 1.807) is 10.9 Å². The van der Waals surface area contributed by atoms with E-state index in [2.05, 4.69) is 48.5 Å². The van der Waals surface area contributed by atoms with Crippen molar-refractivity contribution in [2.75, 3.05) is 19.6 Å². The van der Waals surface area contributed by atoms with Crippen molar-refractivity contribution in [3.8, 4) is 11.3 Å². The van der Waals surface area contributed by atoms with E-state index in [4.69, 9.17) is 22.3 Å². The predicted octanol–water partition coefficient (Wildman–Crippen LogP) is 5.00. The fourth-order valence-corrected chi connectivity index (χ4v) is 5.81. The summed E-state index contributed by atoms with van der Waals surface area (Å²) in [5, 5.41) is 12.6. The van der Waals surface area contributed by atoms with Crippen LogP contribution in [0.3, 0.4) is 0 Å². The minimum atomic E-state index is -0.218. The Bertz CT molecular complexity index is 1640. The SMILES string of the molecule is CC1CN(C(=O)c2ccc3c(Cl)cc(-c4ccc(C(C)(C)CN)cc4)nc3c2)CCC1NC(=O)c1cn(C2CC2)nn1. The Hall–Kier alpha value is -3.82. The zero-order valence-corrected chi connectivity index (χ0v) is 24.9. The van der Waals surface area contributed by atoms with Crippen molar-refractivity contribution in [1.82, 2.24) is 30.2 Å². The summed E-state index contributed by atoms with van der Waals surface area (Å²) in [5.74, 6) is -0.195. The van der Waals surface area contributed by atoms with Crippen LogP contribution in [0.1, 0.15) is 72.5 Å². The van der Waals surface area contributed by atoms with Gasteiger partial charge in [-0.3, -0.25) is 9.59 Å². The van der Waals surface area contributed by atoms with Crippen LogP contribution in [0.5, 0.6) is 0 Å². The predicted molar refractivity (Wildman–Crippen MR) is 164 cm³/mol. The number of amides is 2. The van der Waals surface area contributed by atoms with Gasteiger partial charge >= 0.3 is 0 Å².